The Morgan fingerprint density at radius 3 is 2.61 bits per heavy atom. The maximum Gasteiger partial charge on any atom is 0.251 e. The van der Waals surface area contributed by atoms with Gasteiger partial charge in [0, 0.05) is 10.6 Å². The van der Waals surface area contributed by atoms with Gasteiger partial charge >= 0.3 is 0 Å². The second kappa shape index (κ2) is 9.23. The van der Waals surface area contributed by atoms with Crippen molar-refractivity contribution in [1.29, 1.82) is 0 Å². The van der Waals surface area contributed by atoms with Crippen molar-refractivity contribution in [3.8, 4) is 5.75 Å². The van der Waals surface area contributed by atoms with Crippen LogP contribution in [0.1, 0.15) is 27.3 Å². The van der Waals surface area contributed by atoms with Crippen molar-refractivity contribution in [2.75, 3.05) is 6.61 Å². The zero-order valence-corrected chi connectivity index (χ0v) is 18.3. The van der Waals surface area contributed by atoms with Gasteiger partial charge in [0.25, 0.3) is 5.91 Å². The number of amides is 1. The number of rotatable bonds is 7. The van der Waals surface area contributed by atoms with E-state index in [1.165, 1.54) is 5.56 Å². The van der Waals surface area contributed by atoms with Gasteiger partial charge in [-0.15, -0.1) is 0 Å². The van der Waals surface area contributed by atoms with Gasteiger partial charge in [0.1, 0.15) is 18.2 Å². The lowest BCUT2D eigenvalue weighted by atomic mass is 10.1. The van der Waals surface area contributed by atoms with Crippen LogP contribution in [0.3, 0.4) is 0 Å². The molecule has 0 bridgehead atoms. The first-order valence-corrected chi connectivity index (χ1v) is 10.6. The van der Waals surface area contributed by atoms with E-state index in [-0.39, 0.29) is 5.91 Å². The molecular formula is C25H24ClN3O2. The number of fused-ring (bicyclic) bond motifs is 1. The summed E-state index contributed by atoms with van der Waals surface area (Å²) < 4.78 is 8.15. The van der Waals surface area contributed by atoms with Crippen LogP contribution in [0.2, 0.25) is 5.02 Å². The number of halogens is 1. The van der Waals surface area contributed by atoms with Gasteiger partial charge in [0.05, 0.1) is 24.1 Å². The SMILES string of the molecule is Cc1cccc(OCCn2c(CNC(=O)c3ccc(Cl)cc3)nc3ccccc32)c1C. The minimum absolute atomic E-state index is 0.165. The highest BCUT2D eigenvalue weighted by Crippen LogP contribution is 2.21. The molecule has 0 fully saturated rings. The molecule has 0 aliphatic carbocycles. The molecule has 5 nitrogen and oxygen atoms in total. The number of ether oxygens (including phenoxy) is 1. The Morgan fingerprint density at radius 2 is 1.81 bits per heavy atom. The largest absolute Gasteiger partial charge is 0.491 e. The van der Waals surface area contributed by atoms with E-state index in [9.17, 15) is 4.79 Å². The van der Waals surface area contributed by atoms with E-state index < -0.39 is 0 Å². The number of imidazole rings is 1. The number of para-hydroxylation sites is 2. The quantitative estimate of drug-likeness (QED) is 0.429. The standard InChI is InChI=1S/C25H24ClN3O2/c1-17-6-5-9-23(18(17)2)31-15-14-29-22-8-4-3-7-21(22)28-24(29)16-27-25(30)19-10-12-20(26)13-11-19/h3-13H,14-16H2,1-2H3,(H,27,30). The van der Waals surface area contributed by atoms with Crippen LogP contribution in [-0.2, 0) is 13.1 Å². The van der Waals surface area contributed by atoms with Crippen LogP contribution in [0, 0.1) is 13.8 Å². The molecule has 31 heavy (non-hydrogen) atoms. The highest BCUT2D eigenvalue weighted by Gasteiger charge is 2.13. The molecule has 0 saturated heterocycles. The van der Waals surface area contributed by atoms with Gasteiger partial charge in [-0.25, -0.2) is 4.98 Å². The van der Waals surface area contributed by atoms with Crippen molar-refractivity contribution in [3.05, 3.63) is 94.3 Å². The van der Waals surface area contributed by atoms with E-state index in [4.69, 9.17) is 21.3 Å². The predicted octanol–water partition coefficient (Wildman–Crippen LogP) is 5.32. The zero-order chi connectivity index (χ0) is 21.8. The van der Waals surface area contributed by atoms with Gasteiger partial charge < -0.3 is 14.6 Å². The third kappa shape index (κ3) is 4.72. The highest BCUT2D eigenvalue weighted by atomic mass is 35.5. The molecule has 0 saturated carbocycles. The molecule has 1 heterocycles. The van der Waals surface area contributed by atoms with Crippen LogP contribution in [0.5, 0.6) is 5.75 Å². The first kappa shape index (κ1) is 20.9. The lowest BCUT2D eigenvalue weighted by Gasteiger charge is -2.13. The van der Waals surface area contributed by atoms with E-state index in [0.717, 1.165) is 28.2 Å². The summed E-state index contributed by atoms with van der Waals surface area (Å²) in [4.78, 5) is 17.2. The summed E-state index contributed by atoms with van der Waals surface area (Å²) in [5.74, 6) is 1.51. The Bertz CT molecular complexity index is 1220. The third-order valence-electron chi connectivity index (χ3n) is 5.37. The van der Waals surface area contributed by atoms with Crippen LogP contribution < -0.4 is 10.1 Å². The van der Waals surface area contributed by atoms with Crippen LogP contribution in [0.25, 0.3) is 11.0 Å². The minimum Gasteiger partial charge on any atom is -0.491 e. The summed E-state index contributed by atoms with van der Waals surface area (Å²) in [5.41, 5.74) is 4.82. The molecule has 0 aliphatic heterocycles. The van der Waals surface area contributed by atoms with E-state index >= 15 is 0 Å². The Balaban J connectivity index is 1.49. The molecular weight excluding hydrogens is 410 g/mol. The minimum atomic E-state index is -0.165. The van der Waals surface area contributed by atoms with Gasteiger partial charge in [-0.3, -0.25) is 4.79 Å². The van der Waals surface area contributed by atoms with Crippen LogP contribution >= 0.6 is 11.6 Å². The molecule has 0 radical (unpaired) electrons. The van der Waals surface area contributed by atoms with E-state index in [0.29, 0.717) is 30.3 Å². The zero-order valence-electron chi connectivity index (χ0n) is 17.6. The molecule has 0 unspecified atom stereocenters. The molecule has 1 aromatic heterocycles. The van der Waals surface area contributed by atoms with Crippen LogP contribution in [0.15, 0.2) is 66.7 Å². The molecule has 158 valence electrons. The Labute approximate surface area is 186 Å². The van der Waals surface area contributed by atoms with E-state index in [2.05, 4.69) is 29.8 Å². The summed E-state index contributed by atoms with van der Waals surface area (Å²) in [6, 6.07) is 20.8. The van der Waals surface area contributed by atoms with Crippen molar-refractivity contribution in [2.24, 2.45) is 0 Å². The lowest BCUT2D eigenvalue weighted by Crippen LogP contribution is -2.25. The molecule has 3 aromatic carbocycles. The fourth-order valence-electron chi connectivity index (χ4n) is 3.50. The van der Waals surface area contributed by atoms with Gasteiger partial charge in [0.2, 0.25) is 0 Å². The van der Waals surface area contributed by atoms with Crippen molar-refractivity contribution in [3.63, 3.8) is 0 Å². The Kier molecular flexibility index (Phi) is 6.23. The van der Waals surface area contributed by atoms with Gasteiger partial charge in [-0.1, -0.05) is 35.9 Å². The summed E-state index contributed by atoms with van der Waals surface area (Å²) in [6.45, 7) is 5.59. The molecule has 6 heteroatoms. The smallest absolute Gasteiger partial charge is 0.251 e. The number of hydrogen-bond donors (Lipinski definition) is 1. The number of carbonyl (C=O) groups is 1. The van der Waals surface area contributed by atoms with Crippen molar-refractivity contribution >= 4 is 28.5 Å². The van der Waals surface area contributed by atoms with Gasteiger partial charge in [0.15, 0.2) is 0 Å². The molecule has 4 aromatic rings. The van der Waals surface area contributed by atoms with E-state index in [1.807, 2.05) is 36.4 Å². The Hall–Kier alpha value is -3.31. The first-order chi connectivity index (χ1) is 15.0. The Morgan fingerprint density at radius 1 is 1.03 bits per heavy atom. The monoisotopic (exact) mass is 433 g/mol. The third-order valence-corrected chi connectivity index (χ3v) is 5.63. The first-order valence-electron chi connectivity index (χ1n) is 10.2. The van der Waals surface area contributed by atoms with Crippen molar-refractivity contribution in [1.82, 2.24) is 14.9 Å². The predicted molar refractivity (Wildman–Crippen MR) is 124 cm³/mol. The number of carbonyl (C=O) groups excluding carboxylic acids is 1. The topological polar surface area (TPSA) is 56.1 Å². The molecule has 0 atom stereocenters. The molecule has 0 aliphatic rings. The normalized spacial score (nSPS) is 10.9. The maximum atomic E-state index is 12.5. The summed E-state index contributed by atoms with van der Waals surface area (Å²) in [7, 11) is 0. The average Bonchev–Trinajstić information content (AvgIpc) is 3.13. The van der Waals surface area contributed by atoms with Gasteiger partial charge in [-0.2, -0.15) is 0 Å². The molecule has 0 spiro atoms. The average molecular weight is 434 g/mol. The lowest BCUT2D eigenvalue weighted by molar-refractivity contribution is 0.0949. The van der Waals surface area contributed by atoms with Gasteiger partial charge in [-0.05, 0) is 67.4 Å². The number of nitrogens with zero attached hydrogens (tertiary/aromatic N) is 2. The molecule has 4 rings (SSSR count). The number of nitrogens with one attached hydrogen (secondary N) is 1. The summed E-state index contributed by atoms with van der Waals surface area (Å²) >= 11 is 5.91. The van der Waals surface area contributed by atoms with Crippen LogP contribution in [-0.4, -0.2) is 22.1 Å². The summed E-state index contributed by atoms with van der Waals surface area (Å²) in [6.07, 6.45) is 0. The van der Waals surface area contributed by atoms with Crippen LogP contribution in [0.4, 0.5) is 0 Å². The number of benzene rings is 3. The molecule has 1 N–H and O–H groups in total. The molecule has 1 amide bonds. The van der Waals surface area contributed by atoms with Crippen molar-refractivity contribution in [2.45, 2.75) is 26.9 Å². The maximum absolute atomic E-state index is 12.5. The second-order valence-corrected chi connectivity index (χ2v) is 7.84. The highest BCUT2D eigenvalue weighted by molar-refractivity contribution is 6.30. The number of aromatic nitrogens is 2. The van der Waals surface area contributed by atoms with Crippen molar-refractivity contribution < 1.29 is 9.53 Å². The fourth-order valence-corrected chi connectivity index (χ4v) is 3.63. The van der Waals surface area contributed by atoms with E-state index in [1.54, 1.807) is 24.3 Å². The fraction of sp³-hybridized carbons (Fsp3) is 0.200. The number of hydrogen-bond acceptors (Lipinski definition) is 3. The second-order valence-electron chi connectivity index (χ2n) is 7.40. The summed E-state index contributed by atoms with van der Waals surface area (Å²) in [5, 5.41) is 3.55. The number of aryl methyl sites for hydroxylation is 1.